The van der Waals surface area contributed by atoms with E-state index in [0.29, 0.717) is 12.7 Å². The van der Waals surface area contributed by atoms with Gasteiger partial charge in [-0.05, 0) is 38.5 Å². The molecule has 0 aromatic carbocycles. The predicted molar refractivity (Wildman–Crippen MR) is 93.7 cm³/mol. The van der Waals surface area contributed by atoms with Crippen molar-refractivity contribution in [3.05, 3.63) is 14.4 Å². The fraction of sp³-hybridized carbons (Fsp3) is 0.895. The average Bonchev–Trinajstić information content (AvgIpc) is 2.55. The molecule has 1 heterocycles. The summed E-state index contributed by atoms with van der Waals surface area (Å²) in [7, 11) is 0. The van der Waals surface area contributed by atoms with Crippen molar-refractivity contribution in [1.29, 1.82) is 0 Å². The minimum absolute atomic E-state index is 0. The summed E-state index contributed by atoms with van der Waals surface area (Å²) in [6, 6.07) is 0. The Kier molecular flexibility index (Phi) is 22.0. The molecule has 2 rings (SSSR count). The van der Waals surface area contributed by atoms with Crippen LogP contribution in [0.3, 0.4) is 0 Å². The second-order valence-corrected chi connectivity index (χ2v) is 6.00. The molecular formula is C19H38O3Y-2. The molecule has 1 aliphatic heterocycles. The SMILES string of the molecule is CCCCCOC1CCCCC1.[CH2-]COC1CCCCO1.[CH3-].[Y]. The Labute approximate surface area is 170 Å². The van der Waals surface area contributed by atoms with E-state index in [9.17, 15) is 0 Å². The molecule has 0 N–H and O–H groups in total. The maximum atomic E-state index is 5.78. The van der Waals surface area contributed by atoms with E-state index >= 15 is 0 Å². The van der Waals surface area contributed by atoms with Crippen LogP contribution in [0.1, 0.15) is 77.6 Å². The van der Waals surface area contributed by atoms with Gasteiger partial charge in [-0.1, -0.05) is 45.6 Å². The van der Waals surface area contributed by atoms with Gasteiger partial charge in [-0.3, -0.25) is 0 Å². The molecule has 1 unspecified atom stereocenters. The van der Waals surface area contributed by atoms with Gasteiger partial charge in [0.15, 0.2) is 6.29 Å². The summed E-state index contributed by atoms with van der Waals surface area (Å²) >= 11 is 0. The molecule has 0 aromatic rings. The Morgan fingerprint density at radius 3 is 2.22 bits per heavy atom. The van der Waals surface area contributed by atoms with Crippen LogP contribution in [0.25, 0.3) is 0 Å². The van der Waals surface area contributed by atoms with Gasteiger partial charge in [0, 0.05) is 45.9 Å². The van der Waals surface area contributed by atoms with Crippen molar-refractivity contribution in [2.45, 2.75) is 89.9 Å². The zero-order valence-corrected chi connectivity index (χ0v) is 18.4. The Hall–Kier alpha value is 0.984. The van der Waals surface area contributed by atoms with E-state index < -0.39 is 0 Å². The topological polar surface area (TPSA) is 27.7 Å². The summed E-state index contributed by atoms with van der Waals surface area (Å²) in [6.45, 7) is 8.18. The van der Waals surface area contributed by atoms with Crippen LogP contribution < -0.4 is 0 Å². The third kappa shape index (κ3) is 15.0. The minimum atomic E-state index is 0. The van der Waals surface area contributed by atoms with E-state index in [1.165, 1.54) is 64.2 Å². The Bertz CT molecular complexity index is 212. The zero-order valence-electron chi connectivity index (χ0n) is 15.6. The molecule has 2 aliphatic rings. The van der Waals surface area contributed by atoms with Gasteiger partial charge in [-0.15, -0.1) is 0 Å². The number of unbranched alkanes of at least 4 members (excludes halogenated alkanes) is 2. The van der Waals surface area contributed by atoms with Crippen molar-refractivity contribution in [3.8, 4) is 0 Å². The normalized spacial score (nSPS) is 21.4. The number of hydrogen-bond donors (Lipinski definition) is 0. The van der Waals surface area contributed by atoms with E-state index in [-0.39, 0.29) is 46.4 Å². The largest absolute Gasteiger partial charge is 0.385 e. The molecule has 0 spiro atoms. The second-order valence-electron chi connectivity index (χ2n) is 6.00. The quantitative estimate of drug-likeness (QED) is 0.424. The Morgan fingerprint density at radius 2 is 1.65 bits per heavy atom. The summed E-state index contributed by atoms with van der Waals surface area (Å²) in [6.07, 6.45) is 14.8. The summed E-state index contributed by atoms with van der Waals surface area (Å²) in [5, 5.41) is 0. The maximum Gasteiger partial charge on any atom is 0.154 e. The smallest absolute Gasteiger partial charge is 0.154 e. The van der Waals surface area contributed by atoms with Crippen molar-refractivity contribution in [2.75, 3.05) is 19.8 Å². The molecule has 1 aliphatic carbocycles. The van der Waals surface area contributed by atoms with Gasteiger partial charge >= 0.3 is 0 Å². The number of hydrogen-bond acceptors (Lipinski definition) is 3. The number of rotatable bonds is 7. The standard InChI is InChI=1S/C11H22O.C7H13O2.CH3.Y/c1-2-3-7-10-12-11-8-5-4-6-9-11;1-2-8-7-5-3-4-6-9-7;;/h11H,2-10H2,1H3;7H,1-6H2;1H3;/q;2*-1;. The van der Waals surface area contributed by atoms with E-state index in [4.69, 9.17) is 14.2 Å². The Balaban J connectivity index is 0. The van der Waals surface area contributed by atoms with Crippen molar-refractivity contribution in [1.82, 2.24) is 0 Å². The first kappa shape index (κ1) is 26.2. The molecule has 1 saturated carbocycles. The van der Waals surface area contributed by atoms with Gasteiger partial charge in [0.2, 0.25) is 0 Å². The molecule has 1 saturated heterocycles. The molecule has 1 atom stereocenters. The molecule has 137 valence electrons. The third-order valence-electron chi connectivity index (χ3n) is 4.10. The van der Waals surface area contributed by atoms with Gasteiger partial charge in [0.05, 0.1) is 6.10 Å². The summed E-state index contributed by atoms with van der Waals surface area (Å²) < 4.78 is 16.2. The zero-order chi connectivity index (χ0) is 15.2. The third-order valence-corrected chi connectivity index (χ3v) is 4.10. The molecule has 2 fully saturated rings. The first-order valence-corrected chi connectivity index (χ1v) is 9.00. The number of ether oxygens (including phenoxy) is 3. The van der Waals surface area contributed by atoms with Crippen LogP contribution in [-0.4, -0.2) is 32.2 Å². The van der Waals surface area contributed by atoms with Crippen LogP contribution in [0.5, 0.6) is 0 Å². The molecule has 0 aromatic heterocycles. The Morgan fingerprint density at radius 1 is 0.957 bits per heavy atom. The molecular weight excluding hydrogens is 365 g/mol. The molecule has 0 bridgehead atoms. The molecule has 1 radical (unpaired) electrons. The molecule has 0 amide bonds. The summed E-state index contributed by atoms with van der Waals surface area (Å²) in [5.41, 5.74) is 0. The van der Waals surface area contributed by atoms with Crippen molar-refractivity contribution in [3.63, 3.8) is 0 Å². The second kappa shape index (κ2) is 19.3. The van der Waals surface area contributed by atoms with Crippen LogP contribution in [0, 0.1) is 14.4 Å². The average molecular weight is 403 g/mol. The van der Waals surface area contributed by atoms with Crippen molar-refractivity contribution in [2.24, 2.45) is 0 Å². The first-order chi connectivity index (χ1) is 10.4. The van der Waals surface area contributed by atoms with Gasteiger partial charge in [-0.2, -0.15) is 0 Å². The monoisotopic (exact) mass is 403 g/mol. The molecule has 23 heavy (non-hydrogen) atoms. The van der Waals surface area contributed by atoms with Gasteiger partial charge < -0.3 is 28.6 Å². The van der Waals surface area contributed by atoms with Gasteiger partial charge in [0.1, 0.15) is 0 Å². The summed E-state index contributed by atoms with van der Waals surface area (Å²) in [4.78, 5) is 0. The molecule has 4 heteroatoms. The molecule has 3 nitrogen and oxygen atoms in total. The van der Waals surface area contributed by atoms with Crippen LogP contribution in [0.4, 0.5) is 0 Å². The van der Waals surface area contributed by atoms with E-state index in [2.05, 4.69) is 13.8 Å². The summed E-state index contributed by atoms with van der Waals surface area (Å²) in [5.74, 6) is 0. The maximum absolute atomic E-state index is 5.78. The van der Waals surface area contributed by atoms with Crippen LogP contribution >= 0.6 is 0 Å². The van der Waals surface area contributed by atoms with E-state index in [0.717, 1.165) is 19.6 Å². The van der Waals surface area contributed by atoms with Gasteiger partial charge in [0.25, 0.3) is 0 Å². The van der Waals surface area contributed by atoms with Gasteiger partial charge in [-0.25, -0.2) is 0 Å². The fourth-order valence-corrected chi connectivity index (χ4v) is 2.81. The van der Waals surface area contributed by atoms with Crippen molar-refractivity contribution < 1.29 is 46.9 Å². The minimum Gasteiger partial charge on any atom is -0.385 e. The van der Waals surface area contributed by atoms with E-state index in [1.807, 2.05) is 0 Å². The fourth-order valence-electron chi connectivity index (χ4n) is 2.81. The first-order valence-electron chi connectivity index (χ1n) is 9.00. The van der Waals surface area contributed by atoms with Crippen molar-refractivity contribution >= 4 is 0 Å². The predicted octanol–water partition coefficient (Wildman–Crippen LogP) is 5.34. The van der Waals surface area contributed by atoms with E-state index in [1.54, 1.807) is 0 Å². The van der Waals surface area contributed by atoms with Crippen LogP contribution in [-0.2, 0) is 46.9 Å². The van der Waals surface area contributed by atoms with Crippen LogP contribution in [0.15, 0.2) is 0 Å². The van der Waals surface area contributed by atoms with Crippen LogP contribution in [0.2, 0.25) is 0 Å².